The van der Waals surface area contributed by atoms with Gasteiger partial charge in [-0.15, -0.1) is 0 Å². The van der Waals surface area contributed by atoms with Gasteiger partial charge in [-0.3, -0.25) is 0 Å². The fraction of sp³-hybridized carbons (Fsp3) is 0.647. The summed E-state index contributed by atoms with van der Waals surface area (Å²) in [5.41, 5.74) is 2.61. The highest BCUT2D eigenvalue weighted by atomic mass is 79.9. The van der Waals surface area contributed by atoms with Gasteiger partial charge < -0.3 is 15.0 Å². The predicted molar refractivity (Wildman–Crippen MR) is 93.0 cm³/mol. The Bertz CT molecular complexity index is 433. The van der Waals surface area contributed by atoms with E-state index in [9.17, 15) is 0 Å². The van der Waals surface area contributed by atoms with Gasteiger partial charge in [0.2, 0.25) is 0 Å². The minimum absolute atomic E-state index is 0.751. The summed E-state index contributed by atoms with van der Waals surface area (Å²) in [5.74, 6) is 0.751. The van der Waals surface area contributed by atoms with Crippen molar-refractivity contribution in [2.24, 2.45) is 5.92 Å². The molecule has 1 N–H and O–H groups in total. The lowest BCUT2D eigenvalue weighted by Gasteiger charge is -2.29. The molecule has 1 heterocycles. The second kappa shape index (κ2) is 8.76. The Morgan fingerprint density at radius 3 is 2.76 bits per heavy atom. The third-order valence-electron chi connectivity index (χ3n) is 4.05. The van der Waals surface area contributed by atoms with Gasteiger partial charge >= 0.3 is 0 Å². The molecule has 3 nitrogen and oxygen atoms in total. The Morgan fingerprint density at radius 1 is 1.33 bits per heavy atom. The smallest absolute Gasteiger partial charge is 0.0508 e. The standard InChI is InChI=1S/C17H27BrN2O/c1-3-8-19-12-15-4-5-17(16(18)11-15)20(2)13-14-6-9-21-10-7-14/h4-5,11,14,19H,3,6-10,12-13H2,1-2H3. The maximum Gasteiger partial charge on any atom is 0.0508 e. The molecule has 1 aliphatic rings. The van der Waals surface area contributed by atoms with Crippen molar-refractivity contribution < 1.29 is 4.74 Å². The van der Waals surface area contributed by atoms with Gasteiger partial charge in [0.05, 0.1) is 5.69 Å². The predicted octanol–water partition coefficient (Wildman–Crippen LogP) is 3.81. The Balaban J connectivity index is 1.92. The molecule has 4 heteroatoms. The lowest BCUT2D eigenvalue weighted by molar-refractivity contribution is 0.0685. The number of hydrogen-bond donors (Lipinski definition) is 1. The molecule has 0 aliphatic carbocycles. The summed E-state index contributed by atoms with van der Waals surface area (Å²) >= 11 is 3.73. The largest absolute Gasteiger partial charge is 0.381 e. The van der Waals surface area contributed by atoms with Crippen LogP contribution in [0.25, 0.3) is 0 Å². The van der Waals surface area contributed by atoms with Crippen LogP contribution in [0.4, 0.5) is 5.69 Å². The van der Waals surface area contributed by atoms with Gasteiger partial charge in [0.15, 0.2) is 0 Å². The zero-order valence-electron chi connectivity index (χ0n) is 13.2. The first kappa shape index (κ1) is 16.8. The molecule has 118 valence electrons. The van der Waals surface area contributed by atoms with Gasteiger partial charge in [0, 0.05) is 37.8 Å². The Kier molecular flexibility index (Phi) is 7.00. The zero-order chi connectivity index (χ0) is 15.1. The van der Waals surface area contributed by atoms with Crippen molar-refractivity contribution >= 4 is 21.6 Å². The highest BCUT2D eigenvalue weighted by molar-refractivity contribution is 9.10. The average molecular weight is 355 g/mol. The van der Waals surface area contributed by atoms with Crippen molar-refractivity contribution in [2.75, 3.05) is 38.3 Å². The molecule has 1 fully saturated rings. The van der Waals surface area contributed by atoms with Gasteiger partial charge in [-0.05, 0) is 65.4 Å². The first-order chi connectivity index (χ1) is 10.2. The molecule has 21 heavy (non-hydrogen) atoms. The van der Waals surface area contributed by atoms with E-state index < -0.39 is 0 Å². The quantitative estimate of drug-likeness (QED) is 0.753. The van der Waals surface area contributed by atoms with Crippen LogP contribution in [0.2, 0.25) is 0 Å². The van der Waals surface area contributed by atoms with Crippen LogP contribution in [0.1, 0.15) is 31.7 Å². The zero-order valence-corrected chi connectivity index (χ0v) is 14.8. The molecule has 0 atom stereocenters. The number of halogens is 1. The first-order valence-electron chi connectivity index (χ1n) is 7.98. The Hall–Kier alpha value is -0.580. The van der Waals surface area contributed by atoms with Gasteiger partial charge in [-0.1, -0.05) is 13.0 Å². The minimum atomic E-state index is 0.751. The van der Waals surface area contributed by atoms with Crippen molar-refractivity contribution in [1.29, 1.82) is 0 Å². The van der Waals surface area contributed by atoms with Crippen LogP contribution in [-0.2, 0) is 11.3 Å². The van der Waals surface area contributed by atoms with Crippen LogP contribution in [-0.4, -0.2) is 33.4 Å². The van der Waals surface area contributed by atoms with E-state index in [1.165, 1.54) is 35.0 Å². The second-order valence-electron chi connectivity index (χ2n) is 5.90. The molecule has 1 aliphatic heterocycles. The third-order valence-corrected chi connectivity index (χ3v) is 4.69. The minimum Gasteiger partial charge on any atom is -0.381 e. The van der Waals surface area contributed by atoms with Crippen molar-refractivity contribution in [1.82, 2.24) is 5.32 Å². The molecule has 0 radical (unpaired) electrons. The van der Waals surface area contributed by atoms with Crippen molar-refractivity contribution in [3.05, 3.63) is 28.2 Å². The Labute approximate surface area is 137 Å². The monoisotopic (exact) mass is 354 g/mol. The van der Waals surface area contributed by atoms with Crippen LogP contribution in [0, 0.1) is 5.92 Å². The van der Waals surface area contributed by atoms with Gasteiger partial charge in [0.1, 0.15) is 0 Å². The first-order valence-corrected chi connectivity index (χ1v) is 8.78. The molecule has 0 spiro atoms. The molecular formula is C17H27BrN2O. The van der Waals surface area contributed by atoms with E-state index in [2.05, 4.69) is 58.3 Å². The summed E-state index contributed by atoms with van der Waals surface area (Å²) in [5, 5.41) is 3.44. The van der Waals surface area contributed by atoms with E-state index in [0.717, 1.165) is 38.8 Å². The number of anilines is 1. The number of hydrogen-bond acceptors (Lipinski definition) is 3. The van der Waals surface area contributed by atoms with E-state index >= 15 is 0 Å². The number of rotatable bonds is 7. The molecule has 0 bridgehead atoms. The highest BCUT2D eigenvalue weighted by Gasteiger charge is 2.17. The van der Waals surface area contributed by atoms with E-state index in [0.29, 0.717) is 0 Å². The van der Waals surface area contributed by atoms with Crippen LogP contribution in [0.5, 0.6) is 0 Å². The maximum atomic E-state index is 5.44. The van der Waals surface area contributed by atoms with E-state index in [4.69, 9.17) is 4.74 Å². The van der Waals surface area contributed by atoms with Crippen LogP contribution in [0.3, 0.4) is 0 Å². The molecule has 0 unspecified atom stereocenters. The lowest BCUT2D eigenvalue weighted by atomic mass is 9.99. The molecular weight excluding hydrogens is 328 g/mol. The molecule has 1 aromatic carbocycles. The lowest BCUT2D eigenvalue weighted by Crippen LogP contribution is -2.29. The topological polar surface area (TPSA) is 24.5 Å². The summed E-state index contributed by atoms with van der Waals surface area (Å²) < 4.78 is 6.63. The maximum absolute atomic E-state index is 5.44. The van der Waals surface area contributed by atoms with Crippen LogP contribution < -0.4 is 10.2 Å². The fourth-order valence-corrected chi connectivity index (χ4v) is 3.52. The summed E-state index contributed by atoms with van der Waals surface area (Å²) in [7, 11) is 2.19. The number of nitrogens with zero attached hydrogens (tertiary/aromatic N) is 1. The van der Waals surface area contributed by atoms with Crippen molar-refractivity contribution in [3.8, 4) is 0 Å². The van der Waals surface area contributed by atoms with E-state index in [1.54, 1.807) is 0 Å². The number of ether oxygens (including phenoxy) is 1. The van der Waals surface area contributed by atoms with Gasteiger partial charge in [-0.25, -0.2) is 0 Å². The second-order valence-corrected chi connectivity index (χ2v) is 6.75. The highest BCUT2D eigenvalue weighted by Crippen LogP contribution is 2.28. The molecule has 0 amide bonds. The Morgan fingerprint density at radius 2 is 2.10 bits per heavy atom. The van der Waals surface area contributed by atoms with E-state index in [-0.39, 0.29) is 0 Å². The molecule has 0 saturated carbocycles. The normalized spacial score (nSPS) is 16.1. The molecule has 2 rings (SSSR count). The summed E-state index contributed by atoms with van der Waals surface area (Å²) in [6, 6.07) is 6.69. The van der Waals surface area contributed by atoms with Gasteiger partial charge in [0.25, 0.3) is 0 Å². The van der Waals surface area contributed by atoms with Crippen LogP contribution >= 0.6 is 15.9 Å². The third kappa shape index (κ3) is 5.28. The molecule has 1 saturated heterocycles. The SMILES string of the molecule is CCCNCc1ccc(N(C)CC2CCOCC2)c(Br)c1. The average Bonchev–Trinajstić information content (AvgIpc) is 2.48. The number of benzene rings is 1. The van der Waals surface area contributed by atoms with Gasteiger partial charge in [-0.2, -0.15) is 0 Å². The summed E-state index contributed by atoms with van der Waals surface area (Å²) in [4.78, 5) is 2.36. The van der Waals surface area contributed by atoms with Crippen LogP contribution in [0.15, 0.2) is 22.7 Å². The molecule has 0 aromatic heterocycles. The van der Waals surface area contributed by atoms with Crippen molar-refractivity contribution in [2.45, 2.75) is 32.7 Å². The van der Waals surface area contributed by atoms with Crippen molar-refractivity contribution in [3.63, 3.8) is 0 Å². The summed E-state index contributed by atoms with van der Waals surface area (Å²) in [6.45, 7) is 7.15. The van der Waals surface area contributed by atoms with E-state index in [1.807, 2.05) is 0 Å². The number of nitrogens with one attached hydrogen (secondary N) is 1. The molecule has 1 aromatic rings. The summed E-state index contributed by atoms with van der Waals surface area (Å²) in [6.07, 6.45) is 3.54. The fourth-order valence-electron chi connectivity index (χ4n) is 2.79.